The highest BCUT2D eigenvalue weighted by Crippen LogP contribution is 2.25. The Morgan fingerprint density at radius 2 is 1.67 bits per heavy atom. The lowest BCUT2D eigenvalue weighted by atomic mass is 10.1. The Labute approximate surface area is 231 Å². The number of hydrogen-bond donors (Lipinski definition) is 2. The number of carbonyl (C=O) groups is 1. The van der Waals surface area contributed by atoms with Crippen LogP contribution in [0.5, 0.6) is 0 Å². The van der Waals surface area contributed by atoms with Crippen LogP contribution in [0.25, 0.3) is 0 Å². The van der Waals surface area contributed by atoms with E-state index in [2.05, 4.69) is 39.2 Å². The standard InChI is InChI=1S/C28H40N6O4S/c1-4-34(5-2)19-12-20-39(36,37)33(3)25(18-17-23-13-8-6-9-14-23)27-30-26(31-32-27)21-29-28(35)38-22-24-15-10-7-11-16-24/h6-11,13-16,25H,4-5,12,17-22H2,1-3H3,(H,29,35)(H,30,31,32)/t25-/m1/s1. The summed E-state index contributed by atoms with van der Waals surface area (Å²) in [5.74, 6) is 0.836. The van der Waals surface area contributed by atoms with Crippen LogP contribution in [0.2, 0.25) is 0 Å². The molecule has 11 heteroatoms. The number of rotatable bonds is 16. The lowest BCUT2D eigenvalue weighted by Crippen LogP contribution is -2.35. The van der Waals surface area contributed by atoms with Crippen molar-refractivity contribution in [2.24, 2.45) is 0 Å². The summed E-state index contributed by atoms with van der Waals surface area (Å²) in [6.45, 7) is 6.88. The van der Waals surface area contributed by atoms with Gasteiger partial charge in [-0.3, -0.25) is 5.10 Å². The third-order valence-corrected chi connectivity index (χ3v) is 8.59. The Hall–Kier alpha value is -3.28. The molecule has 1 aromatic heterocycles. The van der Waals surface area contributed by atoms with E-state index >= 15 is 0 Å². The maximum absolute atomic E-state index is 13.3. The summed E-state index contributed by atoms with van der Waals surface area (Å²) < 4.78 is 33.2. The van der Waals surface area contributed by atoms with Crippen molar-refractivity contribution in [2.75, 3.05) is 32.4 Å². The van der Waals surface area contributed by atoms with Crippen LogP contribution in [-0.4, -0.2) is 71.3 Å². The van der Waals surface area contributed by atoms with Crippen molar-refractivity contribution < 1.29 is 17.9 Å². The van der Waals surface area contributed by atoms with E-state index in [4.69, 9.17) is 4.74 Å². The summed E-state index contributed by atoms with van der Waals surface area (Å²) in [6.07, 6.45) is 1.15. The number of sulfonamides is 1. The lowest BCUT2D eigenvalue weighted by molar-refractivity contribution is 0.139. The van der Waals surface area contributed by atoms with Gasteiger partial charge >= 0.3 is 6.09 Å². The van der Waals surface area contributed by atoms with Crippen LogP contribution in [0, 0.1) is 0 Å². The van der Waals surface area contributed by atoms with Crippen LogP contribution in [0.1, 0.15) is 55.5 Å². The summed E-state index contributed by atoms with van der Waals surface area (Å²) in [4.78, 5) is 18.9. The van der Waals surface area contributed by atoms with E-state index in [1.807, 2.05) is 60.7 Å². The number of ether oxygens (including phenoxy) is 1. The van der Waals surface area contributed by atoms with Crippen LogP contribution in [0.4, 0.5) is 4.79 Å². The topological polar surface area (TPSA) is 121 Å². The average Bonchev–Trinajstić information content (AvgIpc) is 3.43. The minimum Gasteiger partial charge on any atom is -0.445 e. The van der Waals surface area contributed by atoms with Crippen molar-refractivity contribution in [2.45, 2.75) is 52.3 Å². The number of aryl methyl sites for hydroxylation is 1. The zero-order chi connectivity index (χ0) is 28.1. The monoisotopic (exact) mass is 556 g/mol. The molecule has 0 aliphatic rings. The van der Waals surface area contributed by atoms with Gasteiger partial charge in [-0.15, -0.1) is 0 Å². The number of hydrogen-bond acceptors (Lipinski definition) is 7. The van der Waals surface area contributed by atoms with Crippen LogP contribution < -0.4 is 5.32 Å². The molecule has 2 N–H and O–H groups in total. The largest absolute Gasteiger partial charge is 0.445 e. The molecule has 0 bridgehead atoms. The summed E-state index contributed by atoms with van der Waals surface area (Å²) in [7, 11) is -1.96. The van der Waals surface area contributed by atoms with E-state index in [0.29, 0.717) is 30.9 Å². The third-order valence-electron chi connectivity index (χ3n) is 6.66. The molecule has 3 aromatic rings. The number of nitrogens with one attached hydrogen (secondary N) is 2. The smallest absolute Gasteiger partial charge is 0.407 e. The second kappa shape index (κ2) is 15.3. The first-order valence-electron chi connectivity index (χ1n) is 13.4. The number of amides is 1. The maximum Gasteiger partial charge on any atom is 0.407 e. The SMILES string of the molecule is CCN(CC)CCCS(=O)(=O)N(C)[C@H](CCc1ccccc1)c1n[nH]c(CNC(=O)OCc2ccccc2)n1. The molecule has 0 fully saturated rings. The average molecular weight is 557 g/mol. The molecular formula is C28H40N6O4S. The van der Waals surface area contributed by atoms with Crippen molar-refractivity contribution >= 4 is 16.1 Å². The molecular weight excluding hydrogens is 516 g/mol. The molecule has 0 spiro atoms. The number of alkyl carbamates (subject to hydrolysis) is 1. The molecule has 0 saturated heterocycles. The fourth-order valence-electron chi connectivity index (χ4n) is 4.24. The Bertz CT molecular complexity index is 1230. The second-order valence-electron chi connectivity index (χ2n) is 9.31. The Morgan fingerprint density at radius 3 is 2.31 bits per heavy atom. The van der Waals surface area contributed by atoms with Gasteiger partial charge in [0, 0.05) is 7.05 Å². The number of carbonyl (C=O) groups excluding carboxylic acids is 1. The van der Waals surface area contributed by atoms with Gasteiger partial charge in [-0.25, -0.2) is 18.2 Å². The third kappa shape index (κ3) is 9.76. The summed E-state index contributed by atoms with van der Waals surface area (Å²) in [5.41, 5.74) is 1.99. The highest BCUT2D eigenvalue weighted by atomic mass is 32.2. The van der Waals surface area contributed by atoms with Crippen molar-refractivity contribution in [3.63, 3.8) is 0 Å². The van der Waals surface area contributed by atoms with Gasteiger partial charge in [0.2, 0.25) is 10.0 Å². The number of benzene rings is 2. The first-order valence-corrected chi connectivity index (χ1v) is 15.0. The molecule has 212 valence electrons. The normalized spacial score (nSPS) is 12.5. The second-order valence-corrected chi connectivity index (χ2v) is 11.5. The van der Waals surface area contributed by atoms with Crippen LogP contribution in [-0.2, 0) is 34.3 Å². The van der Waals surface area contributed by atoms with Crippen LogP contribution >= 0.6 is 0 Å². The summed E-state index contributed by atoms with van der Waals surface area (Å²) >= 11 is 0. The van der Waals surface area contributed by atoms with Gasteiger partial charge in [0.25, 0.3) is 0 Å². The fourth-order valence-corrected chi connectivity index (χ4v) is 5.61. The molecule has 0 aliphatic carbocycles. The quantitative estimate of drug-likeness (QED) is 0.275. The summed E-state index contributed by atoms with van der Waals surface area (Å²) in [5, 5.41) is 9.82. The number of H-pyrrole nitrogens is 1. The van der Waals surface area contributed by atoms with Crippen LogP contribution in [0.15, 0.2) is 60.7 Å². The number of nitrogens with zero attached hydrogens (tertiary/aromatic N) is 4. The molecule has 39 heavy (non-hydrogen) atoms. The molecule has 0 saturated carbocycles. The molecule has 3 rings (SSSR count). The molecule has 1 heterocycles. The molecule has 0 radical (unpaired) electrons. The Kier molecular flexibility index (Phi) is 11.9. The number of aromatic amines is 1. The molecule has 2 aromatic carbocycles. The van der Waals surface area contributed by atoms with Gasteiger partial charge in [-0.2, -0.15) is 9.40 Å². The maximum atomic E-state index is 13.3. The first kappa shape index (κ1) is 30.3. The minimum absolute atomic E-state index is 0.0495. The van der Waals surface area contributed by atoms with Crippen LogP contribution in [0.3, 0.4) is 0 Å². The molecule has 0 unspecified atom stereocenters. The van der Waals surface area contributed by atoms with Gasteiger partial charge in [0.1, 0.15) is 12.4 Å². The van der Waals surface area contributed by atoms with E-state index < -0.39 is 22.2 Å². The minimum atomic E-state index is -3.55. The van der Waals surface area contributed by atoms with Gasteiger partial charge in [0.05, 0.1) is 18.3 Å². The van der Waals surface area contributed by atoms with E-state index in [-0.39, 0.29) is 18.9 Å². The Balaban J connectivity index is 1.64. The zero-order valence-corrected chi connectivity index (χ0v) is 23.9. The van der Waals surface area contributed by atoms with Crippen molar-refractivity contribution in [1.82, 2.24) is 29.7 Å². The highest BCUT2D eigenvalue weighted by molar-refractivity contribution is 7.89. The van der Waals surface area contributed by atoms with Gasteiger partial charge in [-0.05, 0) is 50.0 Å². The van der Waals surface area contributed by atoms with Crippen molar-refractivity contribution in [3.05, 3.63) is 83.4 Å². The lowest BCUT2D eigenvalue weighted by Gasteiger charge is -2.26. The number of aromatic nitrogens is 3. The van der Waals surface area contributed by atoms with E-state index in [1.54, 1.807) is 7.05 Å². The first-order chi connectivity index (χ1) is 18.8. The summed E-state index contributed by atoms with van der Waals surface area (Å²) in [6, 6.07) is 18.8. The predicted octanol–water partition coefficient (Wildman–Crippen LogP) is 3.90. The molecule has 1 amide bonds. The Morgan fingerprint density at radius 1 is 1.03 bits per heavy atom. The van der Waals surface area contributed by atoms with Crippen molar-refractivity contribution in [1.29, 1.82) is 0 Å². The fraction of sp³-hybridized carbons (Fsp3) is 0.464. The van der Waals surface area contributed by atoms with Crippen molar-refractivity contribution in [3.8, 4) is 0 Å². The van der Waals surface area contributed by atoms with Gasteiger partial charge in [0.15, 0.2) is 5.82 Å². The predicted molar refractivity (Wildman–Crippen MR) is 151 cm³/mol. The van der Waals surface area contributed by atoms with E-state index in [0.717, 1.165) is 30.8 Å². The van der Waals surface area contributed by atoms with Gasteiger partial charge < -0.3 is 15.0 Å². The zero-order valence-electron chi connectivity index (χ0n) is 23.0. The molecule has 0 aliphatic heterocycles. The highest BCUT2D eigenvalue weighted by Gasteiger charge is 2.30. The van der Waals surface area contributed by atoms with E-state index in [1.165, 1.54) is 4.31 Å². The molecule has 1 atom stereocenters. The van der Waals surface area contributed by atoms with Gasteiger partial charge in [-0.1, -0.05) is 74.5 Å². The molecule has 10 nitrogen and oxygen atoms in total. The van der Waals surface area contributed by atoms with E-state index in [9.17, 15) is 13.2 Å².